The second kappa shape index (κ2) is 9.84. The highest BCUT2D eigenvalue weighted by Crippen LogP contribution is 2.39. The Labute approximate surface area is 232 Å². The van der Waals surface area contributed by atoms with Crippen molar-refractivity contribution in [2.24, 2.45) is 0 Å². The maximum absolute atomic E-state index is 14.1. The maximum Gasteiger partial charge on any atom is 0.414 e. The lowest BCUT2D eigenvalue weighted by atomic mass is 9.80. The first kappa shape index (κ1) is 26.2. The minimum absolute atomic E-state index is 0.182. The van der Waals surface area contributed by atoms with Crippen LogP contribution in [0.5, 0.6) is 5.06 Å². The third-order valence-corrected chi connectivity index (χ3v) is 11.6. The number of amides is 2. The molecule has 3 aromatic rings. The van der Waals surface area contributed by atoms with Gasteiger partial charge in [0.1, 0.15) is 16.5 Å². The van der Waals surface area contributed by atoms with Crippen molar-refractivity contribution in [2.75, 3.05) is 13.1 Å². The molecule has 2 atom stereocenters. The van der Waals surface area contributed by atoms with Crippen molar-refractivity contribution < 1.29 is 32.3 Å². The number of sulfonamides is 1. The minimum Gasteiger partial charge on any atom is -0.619 e. The summed E-state index contributed by atoms with van der Waals surface area (Å²) in [5.41, 5.74) is -1.24. The second-order valence-corrected chi connectivity index (χ2v) is 14.0. The molecule has 0 bridgehead atoms. The molecule has 1 aliphatic carbocycles. The van der Waals surface area contributed by atoms with Gasteiger partial charge in [0.25, 0.3) is 0 Å². The van der Waals surface area contributed by atoms with Crippen molar-refractivity contribution >= 4 is 59.9 Å². The van der Waals surface area contributed by atoms with Gasteiger partial charge in [-0.05, 0) is 36.8 Å². The number of nitrogens with one attached hydrogen (secondary N) is 1. The summed E-state index contributed by atoms with van der Waals surface area (Å²) in [4.78, 5) is 41.4. The van der Waals surface area contributed by atoms with E-state index < -0.39 is 33.7 Å². The first-order valence-corrected chi connectivity index (χ1v) is 15.8. The number of aromatic nitrogens is 1. The normalized spacial score (nSPS) is 23.2. The fourth-order valence-electron chi connectivity index (χ4n) is 5.97. The number of carbonyl (C=O) groups excluding carboxylic acids is 3. The predicted octanol–water partition coefficient (Wildman–Crippen LogP) is 2.63. The van der Waals surface area contributed by atoms with Crippen LogP contribution in [0.3, 0.4) is 0 Å². The van der Waals surface area contributed by atoms with Crippen LogP contribution in [0.1, 0.15) is 38.5 Å². The summed E-state index contributed by atoms with van der Waals surface area (Å²) in [5, 5.41) is 16.9. The van der Waals surface area contributed by atoms with Crippen LogP contribution in [0.4, 0.5) is 4.79 Å². The van der Waals surface area contributed by atoms with Crippen LogP contribution in [0.2, 0.25) is 0 Å². The monoisotopic (exact) mass is 590 g/mol. The molecule has 3 aliphatic rings. The van der Waals surface area contributed by atoms with Crippen molar-refractivity contribution in [2.45, 2.75) is 61.0 Å². The van der Waals surface area contributed by atoms with Gasteiger partial charge in [-0.1, -0.05) is 30.6 Å². The number of ketones is 1. The van der Waals surface area contributed by atoms with Crippen LogP contribution in [-0.2, 0) is 19.6 Å². The first-order chi connectivity index (χ1) is 18.7. The van der Waals surface area contributed by atoms with Gasteiger partial charge in [0.15, 0.2) is 23.2 Å². The molecule has 2 unspecified atom stereocenters. The van der Waals surface area contributed by atoms with Crippen molar-refractivity contribution in [3.8, 4) is 5.06 Å². The number of thiophene rings is 2. The SMILES string of the molecule is O=C(NC1(C(=O)N2CCC3C2C(=O)CN3S(=O)(=O)c2ccc[n+]([O-])c2)CCCCC1)Oc1cc2sccc2s1. The summed E-state index contributed by atoms with van der Waals surface area (Å²) < 4.78 is 35.7. The molecule has 1 N–H and O–H groups in total. The Kier molecular flexibility index (Phi) is 6.60. The van der Waals surface area contributed by atoms with E-state index in [9.17, 15) is 28.0 Å². The summed E-state index contributed by atoms with van der Waals surface area (Å²) in [7, 11) is -4.13. The van der Waals surface area contributed by atoms with E-state index in [2.05, 4.69) is 5.32 Å². The van der Waals surface area contributed by atoms with Crippen LogP contribution in [0.25, 0.3) is 9.40 Å². The number of fused-ring (bicyclic) bond motifs is 2. The zero-order chi connectivity index (χ0) is 27.4. The molecule has 206 valence electrons. The highest BCUT2D eigenvalue weighted by molar-refractivity contribution is 7.89. The summed E-state index contributed by atoms with van der Waals surface area (Å²) in [6.45, 7) is -0.199. The number of carbonyl (C=O) groups is 3. The number of hydrogen-bond acceptors (Lipinski definition) is 9. The zero-order valence-corrected chi connectivity index (χ0v) is 23.2. The fraction of sp³-hybridized carbons (Fsp3) is 0.440. The average molecular weight is 591 g/mol. The van der Waals surface area contributed by atoms with E-state index in [-0.39, 0.29) is 36.1 Å². The van der Waals surface area contributed by atoms with E-state index in [1.54, 1.807) is 17.4 Å². The summed E-state index contributed by atoms with van der Waals surface area (Å²) in [6, 6.07) is 4.69. The largest absolute Gasteiger partial charge is 0.619 e. The Morgan fingerprint density at radius 2 is 1.97 bits per heavy atom. The van der Waals surface area contributed by atoms with Gasteiger partial charge in [0, 0.05) is 28.1 Å². The topological polar surface area (TPSA) is 140 Å². The third-order valence-electron chi connectivity index (χ3n) is 7.76. The third kappa shape index (κ3) is 4.58. The molecular weight excluding hydrogens is 564 g/mol. The quantitative estimate of drug-likeness (QED) is 0.356. The van der Waals surface area contributed by atoms with Gasteiger partial charge < -0.3 is 20.2 Å². The zero-order valence-electron chi connectivity index (χ0n) is 20.8. The standard InChI is InChI=1S/C25H26N4O7S3/c30-18-15-29(39(34,35)16-5-4-10-27(33)14-16)17-6-11-28(22(17)18)23(31)25(8-2-1-3-9-25)26-24(32)36-21-13-20-19(38-21)7-12-37-20/h4-5,7,10,12-14,17,22H,1-3,6,8-9,11,15H2,(H,26,32). The van der Waals surface area contributed by atoms with Crippen molar-refractivity contribution in [3.05, 3.63) is 47.2 Å². The number of pyridine rings is 1. The number of Topliss-reactive ketones (excluding diaryl/α,β-unsaturated/α-hetero) is 1. The Bertz CT molecular complexity index is 1530. The lowest BCUT2D eigenvalue weighted by Crippen LogP contribution is -2.62. The number of ether oxygens (including phenoxy) is 1. The van der Waals surface area contributed by atoms with Crippen LogP contribution in [0.15, 0.2) is 46.9 Å². The predicted molar refractivity (Wildman–Crippen MR) is 143 cm³/mol. The van der Waals surface area contributed by atoms with Crippen molar-refractivity contribution in [1.29, 1.82) is 0 Å². The van der Waals surface area contributed by atoms with Crippen LogP contribution >= 0.6 is 22.7 Å². The van der Waals surface area contributed by atoms with Gasteiger partial charge in [0.2, 0.25) is 15.9 Å². The number of hydrogen-bond donors (Lipinski definition) is 1. The van der Waals surface area contributed by atoms with Crippen molar-refractivity contribution in [3.63, 3.8) is 0 Å². The molecule has 14 heteroatoms. The molecule has 6 rings (SSSR count). The van der Waals surface area contributed by atoms with Crippen LogP contribution in [0, 0.1) is 5.21 Å². The Morgan fingerprint density at radius 1 is 1.18 bits per heavy atom. The molecule has 2 saturated heterocycles. The summed E-state index contributed by atoms with van der Waals surface area (Å²) in [6.07, 6.45) is 4.84. The fourth-order valence-corrected chi connectivity index (χ4v) is 9.55. The number of nitrogens with zero attached hydrogens (tertiary/aromatic N) is 3. The van der Waals surface area contributed by atoms with Gasteiger partial charge in [-0.25, -0.2) is 13.2 Å². The van der Waals surface area contributed by atoms with E-state index in [0.29, 0.717) is 22.6 Å². The minimum atomic E-state index is -4.13. The van der Waals surface area contributed by atoms with E-state index in [1.165, 1.54) is 34.6 Å². The molecule has 5 heterocycles. The van der Waals surface area contributed by atoms with Crippen LogP contribution in [-0.4, -0.2) is 66.1 Å². The molecule has 39 heavy (non-hydrogen) atoms. The summed E-state index contributed by atoms with van der Waals surface area (Å²) >= 11 is 2.89. The Balaban J connectivity index is 1.22. The first-order valence-electron chi connectivity index (χ1n) is 12.7. The van der Waals surface area contributed by atoms with E-state index >= 15 is 0 Å². The van der Waals surface area contributed by atoms with E-state index in [1.807, 2.05) is 11.4 Å². The lowest BCUT2D eigenvalue weighted by Gasteiger charge is -2.40. The Morgan fingerprint density at radius 3 is 2.72 bits per heavy atom. The molecule has 11 nitrogen and oxygen atoms in total. The maximum atomic E-state index is 14.1. The van der Waals surface area contributed by atoms with Gasteiger partial charge in [-0.2, -0.15) is 9.04 Å². The van der Waals surface area contributed by atoms with Gasteiger partial charge in [0.05, 0.1) is 12.6 Å². The highest BCUT2D eigenvalue weighted by Gasteiger charge is 2.57. The molecule has 2 aliphatic heterocycles. The van der Waals surface area contributed by atoms with Crippen molar-refractivity contribution in [1.82, 2.24) is 14.5 Å². The summed E-state index contributed by atoms with van der Waals surface area (Å²) in [5.74, 6) is -0.768. The van der Waals surface area contributed by atoms with Gasteiger partial charge >= 0.3 is 6.09 Å². The highest BCUT2D eigenvalue weighted by atomic mass is 32.2. The van der Waals surface area contributed by atoms with Crippen LogP contribution < -0.4 is 14.8 Å². The molecule has 3 fully saturated rings. The lowest BCUT2D eigenvalue weighted by molar-refractivity contribution is -0.607. The molecule has 2 amide bonds. The van der Waals surface area contributed by atoms with E-state index in [0.717, 1.165) is 39.2 Å². The molecule has 0 spiro atoms. The second-order valence-electron chi connectivity index (χ2n) is 10.1. The van der Waals surface area contributed by atoms with Gasteiger partial charge in [-0.15, -0.1) is 11.3 Å². The Hall–Kier alpha value is -3.07. The average Bonchev–Trinajstić information content (AvgIpc) is 3.67. The molecule has 0 aromatic carbocycles. The number of rotatable bonds is 5. The molecule has 3 aromatic heterocycles. The molecular formula is C25H26N4O7S3. The van der Waals surface area contributed by atoms with Gasteiger partial charge in [-0.3, -0.25) is 9.59 Å². The molecule has 0 radical (unpaired) electrons. The number of likely N-dealkylation sites (tertiary alicyclic amines) is 1. The van der Waals surface area contributed by atoms with E-state index in [4.69, 9.17) is 4.74 Å². The molecule has 1 saturated carbocycles. The smallest absolute Gasteiger partial charge is 0.414 e.